The number of aliphatic hydroxyl groups excluding tert-OH is 1. The molecule has 0 saturated heterocycles. The Morgan fingerprint density at radius 1 is 1.35 bits per heavy atom. The van der Waals surface area contributed by atoms with E-state index >= 15 is 0 Å². The van der Waals surface area contributed by atoms with Crippen LogP contribution >= 0.6 is 0 Å². The van der Waals surface area contributed by atoms with Gasteiger partial charge in [-0.2, -0.15) is 0 Å². The molecule has 0 fully saturated rings. The average Bonchev–Trinajstić information content (AvgIpc) is 2.31. The Bertz CT molecular complexity index is 258. The predicted octanol–water partition coefficient (Wildman–Crippen LogP) is 1.38. The molecule has 0 spiro atoms. The minimum Gasteiger partial charge on any atom is -0.466 e. The highest BCUT2D eigenvalue weighted by Crippen LogP contribution is 2.02. The second kappa shape index (κ2) is 9.72. The van der Waals surface area contributed by atoms with Crippen molar-refractivity contribution in [1.82, 2.24) is 0 Å². The van der Waals surface area contributed by atoms with Gasteiger partial charge in [0.25, 0.3) is 5.95 Å². The lowest BCUT2D eigenvalue weighted by molar-refractivity contribution is -0.138. The van der Waals surface area contributed by atoms with Crippen molar-refractivity contribution in [1.29, 1.82) is 0 Å². The lowest BCUT2D eigenvalue weighted by Crippen LogP contribution is -2.12. The van der Waals surface area contributed by atoms with E-state index in [2.05, 4.69) is 6.58 Å². The van der Waals surface area contributed by atoms with Gasteiger partial charge >= 0.3 is 5.97 Å². The molecule has 1 atom stereocenters. The molecule has 17 heavy (non-hydrogen) atoms. The van der Waals surface area contributed by atoms with Gasteiger partial charge in [-0.3, -0.25) is 0 Å². The van der Waals surface area contributed by atoms with E-state index in [1.54, 1.807) is 19.9 Å². The molecule has 0 amide bonds. The highest BCUT2D eigenvalue weighted by Gasteiger charge is 2.02. The number of hydrogen-bond donors (Lipinski definition) is 1. The second-order valence-corrected chi connectivity index (χ2v) is 3.34. The van der Waals surface area contributed by atoms with Crippen molar-refractivity contribution in [3.63, 3.8) is 0 Å². The molecule has 5 heteroatoms. The van der Waals surface area contributed by atoms with Gasteiger partial charge in [-0.05, 0) is 19.9 Å². The lowest BCUT2D eigenvalue weighted by atomic mass is 10.4. The zero-order chi connectivity index (χ0) is 13.1. The van der Waals surface area contributed by atoms with E-state index < -0.39 is 12.1 Å². The molecule has 0 saturated carbocycles. The normalized spacial score (nSPS) is 12.8. The van der Waals surface area contributed by atoms with Gasteiger partial charge in [-0.25, -0.2) is 4.79 Å². The van der Waals surface area contributed by atoms with Crippen LogP contribution < -0.4 is 0 Å². The molecule has 0 heterocycles. The Balaban J connectivity index is 3.57. The molecule has 0 aliphatic rings. The monoisotopic (exact) mass is 244 g/mol. The third kappa shape index (κ3) is 9.44. The highest BCUT2D eigenvalue weighted by atomic mass is 16.7. The van der Waals surface area contributed by atoms with Crippen LogP contribution in [0.2, 0.25) is 0 Å². The van der Waals surface area contributed by atoms with Crippen molar-refractivity contribution in [2.75, 3.05) is 19.8 Å². The van der Waals surface area contributed by atoms with Crippen LogP contribution in [0.15, 0.2) is 24.7 Å². The van der Waals surface area contributed by atoms with Gasteiger partial charge in [-0.1, -0.05) is 6.58 Å². The molecule has 1 unspecified atom stereocenters. The molecule has 0 aliphatic carbocycles. The topological polar surface area (TPSA) is 65.0 Å². The van der Waals surface area contributed by atoms with Crippen LogP contribution in [0.25, 0.3) is 0 Å². The van der Waals surface area contributed by atoms with E-state index in [1.807, 2.05) is 0 Å². The van der Waals surface area contributed by atoms with E-state index in [9.17, 15) is 4.79 Å². The van der Waals surface area contributed by atoms with Crippen LogP contribution in [0.1, 0.15) is 20.3 Å². The maximum Gasteiger partial charge on any atom is 0.330 e. The summed E-state index contributed by atoms with van der Waals surface area (Å²) in [5.74, 6) is -0.0810. The fourth-order valence-corrected chi connectivity index (χ4v) is 0.874. The SMILES string of the molecule is C=CC(=O)OCCCOC(=CC)OCC(C)O. The molecular formula is C12H20O5. The lowest BCUT2D eigenvalue weighted by Gasteiger charge is -2.12. The molecule has 5 nitrogen and oxygen atoms in total. The summed E-state index contributed by atoms with van der Waals surface area (Å²) in [6.07, 6.45) is 2.80. The standard InChI is InChI=1S/C12H20O5/c1-4-11(14)15-7-6-8-16-12(5-2)17-9-10(3)13/h4-5,10,13H,1,6-9H2,2-3H3. The van der Waals surface area contributed by atoms with Crippen molar-refractivity contribution >= 4 is 5.97 Å². The van der Waals surface area contributed by atoms with Crippen LogP contribution in [0.3, 0.4) is 0 Å². The van der Waals surface area contributed by atoms with Gasteiger partial charge in [0.05, 0.1) is 19.3 Å². The molecule has 1 N–H and O–H groups in total. The van der Waals surface area contributed by atoms with Crippen LogP contribution in [-0.2, 0) is 19.0 Å². The van der Waals surface area contributed by atoms with Crippen molar-refractivity contribution in [3.05, 3.63) is 24.7 Å². The maximum atomic E-state index is 10.7. The third-order valence-electron chi connectivity index (χ3n) is 1.65. The number of hydrogen-bond acceptors (Lipinski definition) is 5. The molecule has 0 bridgehead atoms. The van der Waals surface area contributed by atoms with Gasteiger partial charge in [0.2, 0.25) is 0 Å². The van der Waals surface area contributed by atoms with Crippen molar-refractivity contribution in [2.45, 2.75) is 26.4 Å². The first-order valence-corrected chi connectivity index (χ1v) is 5.49. The Morgan fingerprint density at radius 3 is 2.53 bits per heavy atom. The fraction of sp³-hybridized carbons (Fsp3) is 0.583. The van der Waals surface area contributed by atoms with Gasteiger partial charge in [0.15, 0.2) is 0 Å². The fourth-order valence-electron chi connectivity index (χ4n) is 0.874. The Morgan fingerprint density at radius 2 is 2.00 bits per heavy atom. The minimum absolute atomic E-state index is 0.186. The zero-order valence-electron chi connectivity index (χ0n) is 10.3. The summed E-state index contributed by atoms with van der Waals surface area (Å²) in [6, 6.07) is 0. The number of carbonyl (C=O) groups is 1. The molecule has 0 rings (SSSR count). The highest BCUT2D eigenvalue weighted by molar-refractivity contribution is 5.81. The number of ether oxygens (including phenoxy) is 3. The molecule has 0 aromatic carbocycles. The summed E-state index contributed by atoms with van der Waals surface area (Å²) >= 11 is 0. The summed E-state index contributed by atoms with van der Waals surface area (Å²) in [7, 11) is 0. The minimum atomic E-state index is -0.540. The Hall–Kier alpha value is -1.49. The van der Waals surface area contributed by atoms with Gasteiger partial charge < -0.3 is 19.3 Å². The van der Waals surface area contributed by atoms with E-state index in [4.69, 9.17) is 19.3 Å². The smallest absolute Gasteiger partial charge is 0.330 e. The predicted molar refractivity (Wildman–Crippen MR) is 63.1 cm³/mol. The quantitative estimate of drug-likeness (QED) is 0.287. The third-order valence-corrected chi connectivity index (χ3v) is 1.65. The summed E-state index contributed by atoms with van der Waals surface area (Å²) in [4.78, 5) is 10.7. The molecule has 0 aliphatic heterocycles. The first kappa shape index (κ1) is 15.5. The summed E-state index contributed by atoms with van der Waals surface area (Å²) < 4.78 is 15.2. The number of rotatable bonds is 9. The van der Waals surface area contributed by atoms with Crippen LogP contribution in [0, 0.1) is 0 Å². The van der Waals surface area contributed by atoms with Crippen molar-refractivity contribution in [2.24, 2.45) is 0 Å². The zero-order valence-corrected chi connectivity index (χ0v) is 10.3. The van der Waals surface area contributed by atoms with Crippen LogP contribution in [0.4, 0.5) is 0 Å². The maximum absolute atomic E-state index is 10.7. The van der Waals surface area contributed by atoms with Crippen LogP contribution in [0.5, 0.6) is 0 Å². The van der Waals surface area contributed by atoms with Gasteiger partial charge in [0.1, 0.15) is 6.61 Å². The number of carbonyl (C=O) groups excluding carboxylic acids is 1. The Labute approximate surface area is 102 Å². The summed E-state index contributed by atoms with van der Waals surface area (Å²) in [6.45, 7) is 7.52. The average molecular weight is 244 g/mol. The number of esters is 1. The van der Waals surface area contributed by atoms with Gasteiger partial charge in [-0.15, -0.1) is 0 Å². The largest absolute Gasteiger partial charge is 0.466 e. The molecule has 0 aromatic rings. The summed E-state index contributed by atoms with van der Waals surface area (Å²) in [5.41, 5.74) is 0. The molecular weight excluding hydrogens is 224 g/mol. The van der Waals surface area contributed by atoms with Crippen LogP contribution in [-0.4, -0.2) is 37.0 Å². The van der Waals surface area contributed by atoms with E-state index in [0.717, 1.165) is 6.08 Å². The first-order valence-electron chi connectivity index (χ1n) is 5.49. The van der Waals surface area contributed by atoms with E-state index in [0.29, 0.717) is 19.0 Å². The van der Waals surface area contributed by atoms with Crippen molar-refractivity contribution < 1.29 is 24.1 Å². The molecule has 0 radical (unpaired) electrons. The Kier molecular flexibility index (Phi) is 8.86. The molecule has 98 valence electrons. The summed E-state index contributed by atoms with van der Waals surface area (Å²) in [5, 5.41) is 9.02. The number of allylic oxidation sites excluding steroid dienone is 1. The van der Waals surface area contributed by atoms with E-state index in [1.165, 1.54) is 0 Å². The van der Waals surface area contributed by atoms with Crippen molar-refractivity contribution in [3.8, 4) is 0 Å². The second-order valence-electron chi connectivity index (χ2n) is 3.34. The number of aliphatic hydroxyl groups is 1. The first-order chi connectivity index (χ1) is 8.10. The van der Waals surface area contributed by atoms with Gasteiger partial charge in [0, 0.05) is 12.5 Å². The van der Waals surface area contributed by atoms with E-state index in [-0.39, 0.29) is 13.2 Å². The molecule has 0 aromatic heterocycles.